The first kappa shape index (κ1) is 15.8. The van der Waals surface area contributed by atoms with Gasteiger partial charge in [0, 0.05) is 36.8 Å². The van der Waals surface area contributed by atoms with E-state index in [9.17, 15) is 4.39 Å². The smallest absolute Gasteiger partial charge is 0.123 e. The van der Waals surface area contributed by atoms with E-state index >= 15 is 0 Å². The molecule has 1 fully saturated rings. The Morgan fingerprint density at radius 2 is 1.65 bits per heavy atom. The van der Waals surface area contributed by atoms with E-state index in [0.29, 0.717) is 0 Å². The Labute approximate surface area is 124 Å². The summed E-state index contributed by atoms with van der Waals surface area (Å²) in [5, 5.41) is 8.98. The fraction of sp³-hybridized carbons (Fsp3) is 0.600. The van der Waals surface area contributed by atoms with Crippen molar-refractivity contribution in [3.05, 3.63) is 30.1 Å². The minimum absolute atomic E-state index is 0.175. The number of aliphatic hydroxyl groups is 1. The number of thioether (sulfide) groups is 1. The number of hydrogen-bond donors (Lipinski definition) is 1. The van der Waals surface area contributed by atoms with E-state index in [1.165, 1.54) is 18.6 Å². The lowest BCUT2D eigenvalue weighted by Crippen LogP contribution is -2.33. The summed E-state index contributed by atoms with van der Waals surface area (Å²) >= 11 is 1.78. The lowest BCUT2D eigenvalue weighted by Gasteiger charge is -2.20. The fourth-order valence-corrected chi connectivity index (χ4v) is 3.35. The molecule has 20 heavy (non-hydrogen) atoms. The monoisotopic (exact) mass is 298 g/mol. The van der Waals surface area contributed by atoms with Crippen LogP contribution >= 0.6 is 11.8 Å². The maximum absolute atomic E-state index is 12.8. The molecule has 1 heterocycles. The van der Waals surface area contributed by atoms with Crippen molar-refractivity contribution in [2.45, 2.75) is 11.3 Å². The van der Waals surface area contributed by atoms with Crippen molar-refractivity contribution in [2.75, 3.05) is 51.6 Å². The number of nitrogens with zero attached hydrogens (tertiary/aromatic N) is 2. The van der Waals surface area contributed by atoms with Crippen molar-refractivity contribution in [3.63, 3.8) is 0 Å². The molecule has 5 heteroatoms. The minimum Gasteiger partial charge on any atom is -0.395 e. The summed E-state index contributed by atoms with van der Waals surface area (Å²) in [6.45, 7) is 6.44. The first-order valence-electron chi connectivity index (χ1n) is 7.22. The lowest BCUT2D eigenvalue weighted by molar-refractivity contribution is 0.198. The van der Waals surface area contributed by atoms with Crippen molar-refractivity contribution in [3.8, 4) is 0 Å². The number of hydrogen-bond acceptors (Lipinski definition) is 4. The molecule has 0 bridgehead atoms. The van der Waals surface area contributed by atoms with Crippen molar-refractivity contribution in [2.24, 2.45) is 0 Å². The Kier molecular flexibility index (Phi) is 6.79. The van der Waals surface area contributed by atoms with E-state index < -0.39 is 0 Å². The molecule has 1 aromatic rings. The van der Waals surface area contributed by atoms with E-state index in [1.807, 2.05) is 12.1 Å². The molecular weight excluding hydrogens is 275 g/mol. The zero-order valence-corrected chi connectivity index (χ0v) is 12.6. The maximum Gasteiger partial charge on any atom is 0.123 e. The Bertz CT molecular complexity index is 388. The number of halogens is 1. The average molecular weight is 298 g/mol. The van der Waals surface area contributed by atoms with Gasteiger partial charge in [-0.15, -0.1) is 11.8 Å². The molecule has 1 aliphatic heterocycles. The van der Waals surface area contributed by atoms with Crippen molar-refractivity contribution in [1.29, 1.82) is 0 Å². The van der Waals surface area contributed by atoms with Crippen molar-refractivity contribution < 1.29 is 9.50 Å². The summed E-state index contributed by atoms with van der Waals surface area (Å²) in [4.78, 5) is 5.93. The molecule has 1 saturated heterocycles. The van der Waals surface area contributed by atoms with Crippen molar-refractivity contribution >= 4 is 11.8 Å². The molecule has 0 spiro atoms. The van der Waals surface area contributed by atoms with Gasteiger partial charge in [0.15, 0.2) is 0 Å². The molecule has 3 nitrogen and oxygen atoms in total. The summed E-state index contributed by atoms with van der Waals surface area (Å²) in [7, 11) is 0. The Hall–Kier alpha value is -0.620. The van der Waals surface area contributed by atoms with Gasteiger partial charge in [-0.05, 0) is 43.8 Å². The van der Waals surface area contributed by atoms with Gasteiger partial charge in [0.1, 0.15) is 5.82 Å². The minimum atomic E-state index is -0.175. The van der Waals surface area contributed by atoms with Crippen LogP contribution in [0.5, 0.6) is 0 Å². The van der Waals surface area contributed by atoms with Crippen molar-refractivity contribution in [1.82, 2.24) is 9.80 Å². The molecule has 0 saturated carbocycles. The number of aliphatic hydroxyl groups excluding tert-OH is 1. The first-order valence-corrected chi connectivity index (χ1v) is 8.20. The first-order chi connectivity index (χ1) is 9.78. The zero-order valence-electron chi connectivity index (χ0n) is 11.8. The second kappa shape index (κ2) is 8.62. The average Bonchev–Trinajstić information content (AvgIpc) is 2.67. The Morgan fingerprint density at radius 1 is 1.00 bits per heavy atom. The van der Waals surface area contributed by atoms with Crippen LogP contribution in [0.2, 0.25) is 0 Å². The molecule has 112 valence electrons. The van der Waals surface area contributed by atoms with Gasteiger partial charge >= 0.3 is 0 Å². The molecule has 1 aliphatic rings. The second-order valence-electron chi connectivity index (χ2n) is 5.06. The summed E-state index contributed by atoms with van der Waals surface area (Å²) in [5.74, 6) is 0.858. The Morgan fingerprint density at radius 3 is 2.30 bits per heavy atom. The van der Waals surface area contributed by atoms with E-state index in [2.05, 4.69) is 9.80 Å². The van der Waals surface area contributed by atoms with Crippen LogP contribution in [0.4, 0.5) is 4.39 Å². The van der Waals surface area contributed by atoms with E-state index in [4.69, 9.17) is 5.11 Å². The van der Waals surface area contributed by atoms with Gasteiger partial charge in [-0.1, -0.05) is 0 Å². The van der Waals surface area contributed by atoms with Gasteiger partial charge < -0.3 is 10.0 Å². The topological polar surface area (TPSA) is 26.7 Å². The zero-order chi connectivity index (χ0) is 14.2. The molecule has 0 radical (unpaired) electrons. The quantitative estimate of drug-likeness (QED) is 0.812. The van der Waals surface area contributed by atoms with Crippen LogP contribution in [0, 0.1) is 5.82 Å². The van der Waals surface area contributed by atoms with Crippen LogP contribution in [0.15, 0.2) is 29.2 Å². The summed E-state index contributed by atoms with van der Waals surface area (Å²) in [5.41, 5.74) is 0. The summed E-state index contributed by atoms with van der Waals surface area (Å²) < 4.78 is 12.8. The predicted molar refractivity (Wildman–Crippen MR) is 81.7 cm³/mol. The number of β-amino-alcohol motifs (C(OH)–C–C–N with tert-alkyl or cyclic N) is 1. The summed E-state index contributed by atoms with van der Waals surface area (Å²) in [6, 6.07) is 6.71. The second-order valence-corrected chi connectivity index (χ2v) is 6.23. The van der Waals surface area contributed by atoms with Gasteiger partial charge in [0.05, 0.1) is 6.61 Å². The number of benzene rings is 1. The van der Waals surface area contributed by atoms with Crippen LogP contribution in [0.25, 0.3) is 0 Å². The standard InChI is InChI=1S/C15H23FN2OS/c16-14-2-4-15(5-3-14)20-13-11-18-7-1-6-17(8-9-18)10-12-19/h2-5,19H,1,6-13H2. The largest absolute Gasteiger partial charge is 0.395 e. The molecule has 0 aromatic heterocycles. The van der Waals surface area contributed by atoms with Crippen LogP contribution in [0.3, 0.4) is 0 Å². The SMILES string of the molecule is OCCN1CCCN(CCSc2ccc(F)cc2)CC1. The highest BCUT2D eigenvalue weighted by atomic mass is 32.2. The molecule has 1 N–H and O–H groups in total. The lowest BCUT2D eigenvalue weighted by atomic mass is 10.4. The predicted octanol–water partition coefficient (Wildman–Crippen LogP) is 1.92. The van der Waals surface area contributed by atoms with Gasteiger partial charge in [-0.2, -0.15) is 0 Å². The van der Waals surface area contributed by atoms with Crippen LogP contribution < -0.4 is 0 Å². The third-order valence-corrected chi connectivity index (χ3v) is 4.58. The molecule has 0 aliphatic carbocycles. The highest BCUT2D eigenvalue weighted by Gasteiger charge is 2.13. The van der Waals surface area contributed by atoms with Crippen LogP contribution in [-0.4, -0.2) is 66.5 Å². The van der Waals surface area contributed by atoms with E-state index in [-0.39, 0.29) is 12.4 Å². The fourth-order valence-electron chi connectivity index (χ4n) is 2.44. The third-order valence-electron chi connectivity index (χ3n) is 3.59. The van der Waals surface area contributed by atoms with Gasteiger partial charge in [-0.25, -0.2) is 4.39 Å². The van der Waals surface area contributed by atoms with Crippen LogP contribution in [-0.2, 0) is 0 Å². The molecule has 0 unspecified atom stereocenters. The normalized spacial score (nSPS) is 18.1. The van der Waals surface area contributed by atoms with E-state index in [1.54, 1.807) is 11.8 Å². The third kappa shape index (κ3) is 5.40. The molecule has 0 amide bonds. The maximum atomic E-state index is 12.8. The highest BCUT2D eigenvalue weighted by Crippen LogP contribution is 2.18. The van der Waals surface area contributed by atoms with Crippen LogP contribution in [0.1, 0.15) is 6.42 Å². The molecule has 1 aromatic carbocycles. The molecule has 0 atom stereocenters. The van der Waals surface area contributed by atoms with Gasteiger partial charge in [0.2, 0.25) is 0 Å². The highest BCUT2D eigenvalue weighted by molar-refractivity contribution is 7.99. The summed E-state index contributed by atoms with van der Waals surface area (Å²) in [6.07, 6.45) is 1.17. The van der Waals surface area contributed by atoms with Gasteiger partial charge in [0.25, 0.3) is 0 Å². The number of rotatable bonds is 6. The Balaban J connectivity index is 1.67. The molecular formula is C15H23FN2OS. The molecule has 2 rings (SSSR count). The van der Waals surface area contributed by atoms with Gasteiger partial charge in [-0.3, -0.25) is 4.90 Å². The van der Waals surface area contributed by atoms with E-state index in [0.717, 1.165) is 49.9 Å².